The summed E-state index contributed by atoms with van der Waals surface area (Å²) in [6.45, 7) is 3.57. The molecule has 27 heavy (non-hydrogen) atoms. The van der Waals surface area contributed by atoms with Gasteiger partial charge >= 0.3 is 0 Å². The number of nitrogens with one attached hydrogen (secondary N) is 1. The van der Waals surface area contributed by atoms with Crippen LogP contribution in [-0.2, 0) is 9.59 Å². The third kappa shape index (κ3) is 6.26. The molecular weight excluding hydrogens is 347 g/mol. The summed E-state index contributed by atoms with van der Waals surface area (Å²) in [5.74, 6) is -0.306. The summed E-state index contributed by atoms with van der Waals surface area (Å²) in [6, 6.07) is 12.6. The van der Waals surface area contributed by atoms with Crippen molar-refractivity contribution in [2.75, 3.05) is 19.0 Å². The normalized spacial score (nSPS) is 10.9. The molecule has 0 atom stereocenters. The molecule has 0 unspecified atom stereocenters. The minimum atomic E-state index is -0.380. The highest BCUT2D eigenvalue weighted by atomic mass is 19.1. The zero-order valence-electron chi connectivity index (χ0n) is 15.6. The van der Waals surface area contributed by atoms with E-state index in [2.05, 4.69) is 5.32 Å². The average Bonchev–Trinajstić information content (AvgIpc) is 2.66. The number of rotatable bonds is 7. The molecule has 0 spiro atoms. The van der Waals surface area contributed by atoms with Gasteiger partial charge in [-0.05, 0) is 61.9 Å². The van der Waals surface area contributed by atoms with E-state index in [4.69, 9.17) is 4.74 Å². The second kappa shape index (κ2) is 9.52. The molecule has 0 aromatic heterocycles. The van der Waals surface area contributed by atoms with Crippen molar-refractivity contribution in [2.45, 2.75) is 19.9 Å². The standard InChI is InChI=1S/C21H23FN2O3/c1-15(2)24(14-20(25)23-18-10-8-17(22)9-11-18)21(26)12-7-16-5-4-6-19(13-16)27-3/h4-13,15H,14H2,1-3H3,(H,23,25)/b12-7+. The second-order valence-corrected chi connectivity index (χ2v) is 6.22. The first-order valence-electron chi connectivity index (χ1n) is 8.57. The highest BCUT2D eigenvalue weighted by molar-refractivity contribution is 5.98. The fourth-order valence-corrected chi connectivity index (χ4v) is 2.41. The molecule has 5 nitrogen and oxygen atoms in total. The molecule has 0 saturated carbocycles. The van der Waals surface area contributed by atoms with Crippen LogP contribution in [-0.4, -0.2) is 36.4 Å². The molecule has 6 heteroatoms. The van der Waals surface area contributed by atoms with Gasteiger partial charge < -0.3 is 15.0 Å². The summed E-state index contributed by atoms with van der Waals surface area (Å²) in [7, 11) is 1.58. The van der Waals surface area contributed by atoms with Crippen molar-refractivity contribution in [1.82, 2.24) is 4.90 Å². The summed E-state index contributed by atoms with van der Waals surface area (Å²) in [6.07, 6.45) is 3.11. The lowest BCUT2D eigenvalue weighted by molar-refractivity contribution is -0.132. The Morgan fingerprint density at radius 3 is 2.52 bits per heavy atom. The van der Waals surface area contributed by atoms with E-state index >= 15 is 0 Å². The van der Waals surface area contributed by atoms with Crippen LogP contribution in [0, 0.1) is 5.82 Å². The van der Waals surface area contributed by atoms with Gasteiger partial charge in [-0.1, -0.05) is 12.1 Å². The first kappa shape index (κ1) is 20.2. The highest BCUT2D eigenvalue weighted by Crippen LogP contribution is 2.14. The molecule has 0 fully saturated rings. The summed E-state index contributed by atoms with van der Waals surface area (Å²) in [5.41, 5.74) is 1.30. The molecule has 0 aliphatic carbocycles. The van der Waals surface area contributed by atoms with Crippen LogP contribution in [0.5, 0.6) is 5.75 Å². The highest BCUT2D eigenvalue weighted by Gasteiger charge is 2.18. The molecule has 2 amide bonds. The maximum absolute atomic E-state index is 12.9. The van der Waals surface area contributed by atoms with E-state index in [0.29, 0.717) is 11.4 Å². The van der Waals surface area contributed by atoms with E-state index in [1.165, 1.54) is 35.2 Å². The first-order valence-corrected chi connectivity index (χ1v) is 8.57. The molecule has 0 radical (unpaired) electrons. The molecule has 2 aromatic rings. The van der Waals surface area contributed by atoms with Crippen molar-refractivity contribution >= 4 is 23.6 Å². The number of carbonyl (C=O) groups excluding carboxylic acids is 2. The van der Waals surface area contributed by atoms with Crippen LogP contribution in [0.2, 0.25) is 0 Å². The Morgan fingerprint density at radius 1 is 1.19 bits per heavy atom. The van der Waals surface area contributed by atoms with Crippen molar-refractivity contribution in [1.29, 1.82) is 0 Å². The van der Waals surface area contributed by atoms with Gasteiger partial charge in [-0.25, -0.2) is 4.39 Å². The largest absolute Gasteiger partial charge is 0.497 e. The quantitative estimate of drug-likeness (QED) is 0.756. The smallest absolute Gasteiger partial charge is 0.247 e. The van der Waals surface area contributed by atoms with E-state index in [0.717, 1.165) is 5.56 Å². The van der Waals surface area contributed by atoms with Gasteiger partial charge in [-0.3, -0.25) is 9.59 Å². The van der Waals surface area contributed by atoms with Crippen LogP contribution in [0.4, 0.5) is 10.1 Å². The van der Waals surface area contributed by atoms with Crippen LogP contribution >= 0.6 is 0 Å². The number of benzene rings is 2. The van der Waals surface area contributed by atoms with Crippen LogP contribution in [0.3, 0.4) is 0 Å². The van der Waals surface area contributed by atoms with Gasteiger partial charge in [0.25, 0.3) is 0 Å². The molecule has 0 saturated heterocycles. The number of hydrogen-bond acceptors (Lipinski definition) is 3. The fraction of sp³-hybridized carbons (Fsp3) is 0.238. The van der Waals surface area contributed by atoms with Gasteiger partial charge in [0.15, 0.2) is 0 Å². The number of amides is 2. The van der Waals surface area contributed by atoms with Gasteiger partial charge in [-0.2, -0.15) is 0 Å². The summed E-state index contributed by atoms with van der Waals surface area (Å²) in [4.78, 5) is 26.2. The molecule has 0 heterocycles. The Morgan fingerprint density at radius 2 is 1.89 bits per heavy atom. The van der Waals surface area contributed by atoms with Gasteiger partial charge in [0.1, 0.15) is 18.1 Å². The number of halogens is 1. The first-order chi connectivity index (χ1) is 12.9. The predicted octanol–water partition coefficient (Wildman–Crippen LogP) is 3.72. The second-order valence-electron chi connectivity index (χ2n) is 6.22. The van der Waals surface area contributed by atoms with E-state index in [9.17, 15) is 14.0 Å². The number of anilines is 1. The van der Waals surface area contributed by atoms with E-state index in [1.54, 1.807) is 13.2 Å². The van der Waals surface area contributed by atoms with Gasteiger partial charge in [0.05, 0.1) is 7.11 Å². The predicted molar refractivity (Wildman–Crippen MR) is 104 cm³/mol. The zero-order valence-corrected chi connectivity index (χ0v) is 15.6. The summed E-state index contributed by atoms with van der Waals surface area (Å²) >= 11 is 0. The third-order valence-corrected chi connectivity index (χ3v) is 3.86. The van der Waals surface area contributed by atoms with Crippen LogP contribution in [0.25, 0.3) is 6.08 Å². The summed E-state index contributed by atoms with van der Waals surface area (Å²) < 4.78 is 18.1. The number of hydrogen-bond donors (Lipinski definition) is 1. The molecule has 2 aromatic carbocycles. The molecular formula is C21H23FN2O3. The van der Waals surface area contributed by atoms with Crippen molar-refractivity contribution in [2.24, 2.45) is 0 Å². The maximum atomic E-state index is 12.9. The maximum Gasteiger partial charge on any atom is 0.247 e. The van der Waals surface area contributed by atoms with Crippen molar-refractivity contribution in [3.05, 3.63) is 66.0 Å². The number of carbonyl (C=O) groups is 2. The van der Waals surface area contributed by atoms with E-state index in [-0.39, 0.29) is 30.2 Å². The SMILES string of the molecule is COc1cccc(/C=C/C(=O)N(CC(=O)Nc2ccc(F)cc2)C(C)C)c1. The molecule has 0 bridgehead atoms. The van der Waals surface area contributed by atoms with Crippen LogP contribution in [0.15, 0.2) is 54.6 Å². The molecule has 2 rings (SSSR count). The summed E-state index contributed by atoms with van der Waals surface area (Å²) in [5, 5.41) is 2.66. The Bertz CT molecular complexity index is 816. The Labute approximate surface area is 158 Å². The Kier molecular flexibility index (Phi) is 7.11. The fourth-order valence-electron chi connectivity index (χ4n) is 2.41. The lowest BCUT2D eigenvalue weighted by atomic mass is 10.2. The Balaban J connectivity index is 2.02. The molecule has 0 aliphatic heterocycles. The molecule has 1 N–H and O–H groups in total. The minimum Gasteiger partial charge on any atom is -0.497 e. The van der Waals surface area contributed by atoms with Crippen LogP contribution < -0.4 is 10.1 Å². The van der Waals surface area contributed by atoms with Gasteiger partial charge in [0.2, 0.25) is 11.8 Å². The number of nitrogens with zero attached hydrogens (tertiary/aromatic N) is 1. The number of methoxy groups -OCH3 is 1. The van der Waals surface area contributed by atoms with Gasteiger partial charge in [0, 0.05) is 17.8 Å². The molecule has 0 aliphatic rings. The Hall–Kier alpha value is -3.15. The van der Waals surface area contributed by atoms with Crippen molar-refractivity contribution in [3.8, 4) is 5.75 Å². The average molecular weight is 370 g/mol. The van der Waals surface area contributed by atoms with E-state index < -0.39 is 0 Å². The zero-order chi connectivity index (χ0) is 19.8. The lowest BCUT2D eigenvalue weighted by Crippen LogP contribution is -2.41. The van der Waals surface area contributed by atoms with Gasteiger partial charge in [-0.15, -0.1) is 0 Å². The number of ether oxygens (including phenoxy) is 1. The minimum absolute atomic E-state index is 0.101. The topological polar surface area (TPSA) is 58.6 Å². The third-order valence-electron chi connectivity index (χ3n) is 3.86. The van der Waals surface area contributed by atoms with Crippen molar-refractivity contribution < 1.29 is 18.7 Å². The lowest BCUT2D eigenvalue weighted by Gasteiger charge is -2.24. The van der Waals surface area contributed by atoms with E-state index in [1.807, 2.05) is 38.1 Å². The van der Waals surface area contributed by atoms with Crippen LogP contribution in [0.1, 0.15) is 19.4 Å². The van der Waals surface area contributed by atoms with Crippen molar-refractivity contribution in [3.63, 3.8) is 0 Å². The monoisotopic (exact) mass is 370 g/mol. The molecule has 142 valence electrons.